The third-order valence-corrected chi connectivity index (χ3v) is 3.92. The number of methoxy groups -OCH3 is 1. The summed E-state index contributed by atoms with van der Waals surface area (Å²) < 4.78 is 5.86. The molecule has 4 heteroatoms. The number of carbonyl (C=O) groups excluding carboxylic acids is 2. The molecule has 19 heavy (non-hydrogen) atoms. The van der Waals surface area contributed by atoms with Crippen molar-refractivity contribution in [3.8, 4) is 0 Å². The Morgan fingerprint density at radius 2 is 2.00 bits per heavy atom. The molecule has 1 unspecified atom stereocenters. The number of rotatable bonds is 6. The molecule has 3 nitrogen and oxygen atoms in total. The molecule has 0 saturated carbocycles. The van der Waals surface area contributed by atoms with E-state index in [0.717, 1.165) is 9.13 Å². The number of hydrogen-bond donors (Lipinski definition) is 0. The van der Waals surface area contributed by atoms with E-state index in [1.807, 2.05) is 24.3 Å². The Kier molecular flexibility index (Phi) is 6.21. The first-order chi connectivity index (χ1) is 8.95. The van der Waals surface area contributed by atoms with Crippen LogP contribution in [-0.2, 0) is 20.7 Å². The molecule has 0 radical (unpaired) electrons. The fourth-order valence-electron chi connectivity index (χ4n) is 1.73. The number of benzene rings is 1. The summed E-state index contributed by atoms with van der Waals surface area (Å²) >= 11 is 2.22. The van der Waals surface area contributed by atoms with E-state index in [0.29, 0.717) is 12.0 Å². The van der Waals surface area contributed by atoms with E-state index in [9.17, 15) is 9.59 Å². The van der Waals surface area contributed by atoms with E-state index in [4.69, 9.17) is 4.74 Å². The zero-order valence-corrected chi connectivity index (χ0v) is 13.3. The number of halogens is 1. The highest BCUT2D eigenvalue weighted by Crippen LogP contribution is 2.20. The largest absolute Gasteiger partial charge is 0.469 e. The molecule has 0 aliphatic rings. The van der Waals surface area contributed by atoms with Gasteiger partial charge in [-0.15, -0.1) is 0 Å². The first kappa shape index (κ1) is 15.9. The van der Waals surface area contributed by atoms with Gasteiger partial charge >= 0.3 is 5.97 Å². The Balaban J connectivity index is 2.87. The lowest BCUT2D eigenvalue weighted by Crippen LogP contribution is -2.22. The van der Waals surface area contributed by atoms with Gasteiger partial charge in [-0.1, -0.05) is 24.8 Å². The van der Waals surface area contributed by atoms with E-state index < -0.39 is 5.92 Å². The van der Waals surface area contributed by atoms with Crippen molar-refractivity contribution in [1.82, 2.24) is 0 Å². The number of Topliss-reactive ketones (excluding diaryl/α,β-unsaturated/α-hetero) is 1. The molecule has 1 atom stereocenters. The first-order valence-electron chi connectivity index (χ1n) is 5.95. The molecule has 0 aliphatic heterocycles. The number of esters is 1. The van der Waals surface area contributed by atoms with Crippen molar-refractivity contribution in [2.75, 3.05) is 7.11 Å². The zero-order valence-electron chi connectivity index (χ0n) is 11.1. The summed E-state index contributed by atoms with van der Waals surface area (Å²) in [6.07, 6.45) is 0.651. The Hall–Kier alpha value is -1.17. The summed E-state index contributed by atoms with van der Waals surface area (Å²) in [5, 5.41) is 0. The average molecular weight is 372 g/mol. The van der Waals surface area contributed by atoms with Gasteiger partial charge in [0.2, 0.25) is 0 Å². The Morgan fingerprint density at radius 3 is 2.53 bits per heavy atom. The third kappa shape index (κ3) is 4.78. The SMILES string of the molecule is C=C(C)C(=O)CC(Cc1ccccc1I)C(=O)OC. The van der Waals surface area contributed by atoms with Crippen molar-refractivity contribution in [3.05, 3.63) is 45.6 Å². The van der Waals surface area contributed by atoms with Crippen molar-refractivity contribution in [1.29, 1.82) is 0 Å². The van der Waals surface area contributed by atoms with E-state index in [1.54, 1.807) is 6.92 Å². The summed E-state index contributed by atoms with van der Waals surface area (Å²) in [5.74, 6) is -0.902. The Labute approximate surface area is 127 Å². The molecular weight excluding hydrogens is 355 g/mol. The van der Waals surface area contributed by atoms with Gasteiger partial charge in [0.15, 0.2) is 5.78 Å². The molecule has 0 spiro atoms. The highest BCUT2D eigenvalue weighted by molar-refractivity contribution is 14.1. The predicted octanol–water partition coefficient (Wildman–Crippen LogP) is 3.16. The normalized spacial score (nSPS) is 11.7. The van der Waals surface area contributed by atoms with Crippen LogP contribution in [0, 0.1) is 9.49 Å². The van der Waals surface area contributed by atoms with Gasteiger partial charge in [-0.25, -0.2) is 0 Å². The van der Waals surface area contributed by atoms with Gasteiger partial charge in [0.25, 0.3) is 0 Å². The summed E-state index contributed by atoms with van der Waals surface area (Å²) in [7, 11) is 1.34. The van der Waals surface area contributed by atoms with Crippen molar-refractivity contribution >= 4 is 34.3 Å². The molecule has 0 fully saturated rings. The van der Waals surface area contributed by atoms with Gasteiger partial charge < -0.3 is 4.74 Å². The quantitative estimate of drug-likeness (QED) is 0.438. The van der Waals surface area contributed by atoms with Crippen molar-refractivity contribution < 1.29 is 14.3 Å². The van der Waals surface area contributed by atoms with E-state index in [-0.39, 0.29) is 18.2 Å². The lowest BCUT2D eigenvalue weighted by atomic mass is 9.93. The van der Waals surface area contributed by atoms with Crippen LogP contribution in [0.1, 0.15) is 18.9 Å². The van der Waals surface area contributed by atoms with Crippen LogP contribution in [0.4, 0.5) is 0 Å². The maximum atomic E-state index is 11.8. The molecule has 1 aromatic carbocycles. The van der Waals surface area contributed by atoms with Gasteiger partial charge in [-0.05, 0) is 53.1 Å². The van der Waals surface area contributed by atoms with Gasteiger partial charge in [-0.3, -0.25) is 9.59 Å². The minimum atomic E-state index is -0.454. The molecular formula is C15H17IO3. The maximum absolute atomic E-state index is 11.8. The van der Waals surface area contributed by atoms with Gasteiger partial charge in [0, 0.05) is 9.99 Å². The van der Waals surface area contributed by atoms with E-state index >= 15 is 0 Å². The summed E-state index contributed by atoms with van der Waals surface area (Å²) in [4.78, 5) is 23.5. The van der Waals surface area contributed by atoms with E-state index in [1.165, 1.54) is 7.11 Å². The highest BCUT2D eigenvalue weighted by Gasteiger charge is 2.23. The second-order valence-electron chi connectivity index (χ2n) is 4.42. The Bertz CT molecular complexity index is 494. The van der Waals surface area contributed by atoms with Crippen LogP contribution >= 0.6 is 22.6 Å². The fourth-order valence-corrected chi connectivity index (χ4v) is 2.34. The van der Waals surface area contributed by atoms with Crippen molar-refractivity contribution in [3.63, 3.8) is 0 Å². The maximum Gasteiger partial charge on any atom is 0.309 e. The van der Waals surface area contributed by atoms with Crippen molar-refractivity contribution in [2.45, 2.75) is 19.8 Å². The minimum Gasteiger partial charge on any atom is -0.469 e. The monoisotopic (exact) mass is 372 g/mol. The number of ether oxygens (including phenoxy) is 1. The molecule has 0 aliphatic carbocycles. The lowest BCUT2D eigenvalue weighted by molar-refractivity contribution is -0.146. The summed E-state index contributed by atoms with van der Waals surface area (Å²) in [6.45, 7) is 5.27. The van der Waals surface area contributed by atoms with Gasteiger partial charge in [-0.2, -0.15) is 0 Å². The lowest BCUT2D eigenvalue weighted by Gasteiger charge is -2.15. The standard InChI is InChI=1S/C15H17IO3/c1-10(2)14(17)9-12(15(18)19-3)8-11-6-4-5-7-13(11)16/h4-7,12H,1,8-9H2,2-3H3. The van der Waals surface area contributed by atoms with Crippen LogP contribution in [-0.4, -0.2) is 18.9 Å². The minimum absolute atomic E-state index is 0.0960. The fraction of sp³-hybridized carbons (Fsp3) is 0.333. The number of allylic oxidation sites excluding steroid dienone is 1. The molecule has 102 valence electrons. The van der Waals surface area contributed by atoms with Crippen LogP contribution in [0.5, 0.6) is 0 Å². The molecule has 0 amide bonds. The molecule has 1 rings (SSSR count). The highest BCUT2D eigenvalue weighted by atomic mass is 127. The number of carbonyl (C=O) groups is 2. The second kappa shape index (κ2) is 7.43. The Morgan fingerprint density at radius 1 is 1.37 bits per heavy atom. The van der Waals surface area contributed by atoms with Crippen LogP contribution < -0.4 is 0 Å². The van der Waals surface area contributed by atoms with Crippen LogP contribution in [0.15, 0.2) is 36.4 Å². The smallest absolute Gasteiger partial charge is 0.309 e. The van der Waals surface area contributed by atoms with Crippen LogP contribution in [0.2, 0.25) is 0 Å². The molecule has 0 N–H and O–H groups in total. The molecule has 0 saturated heterocycles. The second-order valence-corrected chi connectivity index (χ2v) is 5.59. The molecule has 0 bridgehead atoms. The van der Waals surface area contributed by atoms with Gasteiger partial charge in [0.05, 0.1) is 13.0 Å². The third-order valence-electron chi connectivity index (χ3n) is 2.87. The average Bonchev–Trinajstić information content (AvgIpc) is 2.39. The summed E-state index contributed by atoms with van der Waals surface area (Å²) in [6, 6.07) is 7.80. The first-order valence-corrected chi connectivity index (χ1v) is 7.03. The molecule has 0 heterocycles. The number of ketones is 1. The zero-order chi connectivity index (χ0) is 14.4. The molecule has 0 aromatic heterocycles. The molecule has 1 aromatic rings. The number of hydrogen-bond acceptors (Lipinski definition) is 3. The van der Waals surface area contributed by atoms with Crippen LogP contribution in [0.3, 0.4) is 0 Å². The summed E-state index contributed by atoms with van der Waals surface area (Å²) in [5.41, 5.74) is 1.52. The topological polar surface area (TPSA) is 43.4 Å². The van der Waals surface area contributed by atoms with Crippen LogP contribution in [0.25, 0.3) is 0 Å². The van der Waals surface area contributed by atoms with Gasteiger partial charge in [0.1, 0.15) is 0 Å². The van der Waals surface area contributed by atoms with Crippen molar-refractivity contribution in [2.24, 2.45) is 5.92 Å². The van der Waals surface area contributed by atoms with E-state index in [2.05, 4.69) is 29.2 Å². The predicted molar refractivity (Wildman–Crippen MR) is 82.8 cm³/mol.